The highest BCUT2D eigenvalue weighted by Gasteiger charge is 2.26. The van der Waals surface area contributed by atoms with Gasteiger partial charge in [-0.1, -0.05) is 18.2 Å². The van der Waals surface area contributed by atoms with E-state index >= 15 is 0 Å². The van der Waals surface area contributed by atoms with Crippen LogP contribution in [0.4, 0.5) is 0 Å². The molecule has 1 aromatic heterocycles. The van der Waals surface area contributed by atoms with Crippen molar-refractivity contribution in [2.45, 2.75) is 44.7 Å². The Morgan fingerprint density at radius 3 is 2.61 bits per heavy atom. The second kappa shape index (κ2) is 9.07. The number of nitrogens with zero attached hydrogens (tertiary/aromatic N) is 3. The quantitative estimate of drug-likeness (QED) is 0.746. The Morgan fingerprint density at radius 2 is 1.86 bits per heavy atom. The number of likely N-dealkylation sites (tertiary alicyclic amines) is 2. The average Bonchev–Trinajstić information content (AvgIpc) is 3.38. The lowest BCUT2D eigenvalue weighted by molar-refractivity contribution is 0.0539. The third-order valence-corrected chi connectivity index (χ3v) is 6.32. The summed E-state index contributed by atoms with van der Waals surface area (Å²) in [4.78, 5) is 22.4. The summed E-state index contributed by atoms with van der Waals surface area (Å²) in [5.41, 5.74) is 4.22. The summed E-state index contributed by atoms with van der Waals surface area (Å²) in [6.45, 7) is 7.10. The van der Waals surface area contributed by atoms with Gasteiger partial charge in [0.15, 0.2) is 0 Å². The molecule has 2 aliphatic rings. The van der Waals surface area contributed by atoms with Crippen LogP contribution >= 0.6 is 0 Å². The van der Waals surface area contributed by atoms with E-state index in [9.17, 15) is 4.79 Å². The molecule has 0 bridgehead atoms. The molecule has 6 nitrogen and oxygen atoms in total. The highest BCUT2D eigenvalue weighted by atomic mass is 16.6. The van der Waals surface area contributed by atoms with Gasteiger partial charge < -0.3 is 14.4 Å². The van der Waals surface area contributed by atoms with Gasteiger partial charge in [-0.15, -0.1) is 0 Å². The van der Waals surface area contributed by atoms with Crippen LogP contribution in [0.5, 0.6) is 0 Å². The fraction of sp³-hybridized carbons (Fsp3) is 0.591. The first kappa shape index (κ1) is 19.4. The van der Waals surface area contributed by atoms with Gasteiger partial charge in [-0.2, -0.15) is 0 Å². The topological polar surface area (TPSA) is 49.7 Å². The van der Waals surface area contributed by atoms with Crippen molar-refractivity contribution in [3.8, 4) is 0 Å². The summed E-state index contributed by atoms with van der Waals surface area (Å²) < 4.78 is 2.21. The first-order valence-corrected chi connectivity index (χ1v) is 10.6. The number of hydrogen-bond donors (Lipinski definition) is 1. The standard InChI is InChI=1S/C22H32N4O2/c1-28-23-22(27)20-17-26(21-8-3-2-7-19(20)21)14-6-11-24-15-9-18(10-16-24)25-12-4-5-13-25/h2-3,7-8,17-18H,4-6,9-16H2,1H3,(H,23,27). The van der Waals surface area contributed by atoms with Gasteiger partial charge in [-0.25, -0.2) is 5.48 Å². The SMILES string of the molecule is CONC(=O)c1cn(CCCN2CCC(N3CCCC3)CC2)c2ccccc12. The molecule has 0 aliphatic carbocycles. The number of nitrogens with one attached hydrogen (secondary N) is 1. The van der Waals surface area contributed by atoms with Crippen molar-refractivity contribution < 1.29 is 9.63 Å². The third kappa shape index (κ3) is 4.24. The van der Waals surface area contributed by atoms with Gasteiger partial charge in [-0.3, -0.25) is 9.63 Å². The average molecular weight is 385 g/mol. The molecule has 2 fully saturated rings. The third-order valence-electron chi connectivity index (χ3n) is 6.32. The van der Waals surface area contributed by atoms with Crippen LogP contribution in [0.1, 0.15) is 42.5 Å². The normalized spacial score (nSPS) is 19.5. The molecule has 0 saturated carbocycles. The van der Waals surface area contributed by atoms with Crippen LogP contribution in [-0.2, 0) is 11.4 Å². The van der Waals surface area contributed by atoms with E-state index in [2.05, 4.69) is 25.9 Å². The molecule has 4 rings (SSSR count). The molecule has 2 aromatic rings. The number of para-hydroxylation sites is 1. The van der Waals surface area contributed by atoms with E-state index in [1.165, 1.54) is 59.0 Å². The van der Waals surface area contributed by atoms with Crippen molar-refractivity contribution in [3.05, 3.63) is 36.0 Å². The van der Waals surface area contributed by atoms with Gasteiger partial charge in [0.05, 0.1) is 12.7 Å². The molecule has 2 saturated heterocycles. The summed E-state index contributed by atoms with van der Waals surface area (Å²) in [5, 5.41) is 0.975. The molecule has 2 aliphatic heterocycles. The minimum Gasteiger partial charge on any atom is -0.347 e. The molecule has 152 valence electrons. The highest BCUT2D eigenvalue weighted by Crippen LogP contribution is 2.23. The first-order chi connectivity index (χ1) is 13.8. The molecule has 0 unspecified atom stereocenters. The predicted molar refractivity (Wildman–Crippen MR) is 111 cm³/mol. The minimum absolute atomic E-state index is 0.193. The van der Waals surface area contributed by atoms with Crippen molar-refractivity contribution in [2.75, 3.05) is 39.8 Å². The Balaban J connectivity index is 1.32. The molecule has 0 atom stereocenters. The minimum atomic E-state index is -0.193. The highest BCUT2D eigenvalue weighted by molar-refractivity contribution is 6.06. The van der Waals surface area contributed by atoms with E-state index in [-0.39, 0.29) is 5.91 Å². The summed E-state index contributed by atoms with van der Waals surface area (Å²) in [6, 6.07) is 8.90. The van der Waals surface area contributed by atoms with E-state index in [1.54, 1.807) is 0 Å². The second-order valence-electron chi connectivity index (χ2n) is 8.06. The molecular weight excluding hydrogens is 352 g/mol. The zero-order chi connectivity index (χ0) is 19.3. The molecule has 28 heavy (non-hydrogen) atoms. The van der Waals surface area contributed by atoms with Gasteiger partial charge in [0, 0.05) is 29.7 Å². The second-order valence-corrected chi connectivity index (χ2v) is 8.06. The largest absolute Gasteiger partial charge is 0.347 e. The summed E-state index contributed by atoms with van der Waals surface area (Å²) >= 11 is 0. The van der Waals surface area contributed by atoms with E-state index in [4.69, 9.17) is 4.84 Å². The number of hydrogen-bond acceptors (Lipinski definition) is 4. The van der Waals surface area contributed by atoms with Crippen LogP contribution in [0, 0.1) is 0 Å². The van der Waals surface area contributed by atoms with Crippen LogP contribution in [0.2, 0.25) is 0 Å². The number of carbonyl (C=O) groups excluding carboxylic acids is 1. The van der Waals surface area contributed by atoms with Crippen molar-refractivity contribution in [1.82, 2.24) is 19.8 Å². The van der Waals surface area contributed by atoms with Crippen LogP contribution in [-0.4, -0.2) is 66.1 Å². The maximum atomic E-state index is 12.3. The number of fused-ring (bicyclic) bond motifs is 1. The fourth-order valence-corrected chi connectivity index (χ4v) is 4.84. The molecule has 0 spiro atoms. The summed E-state index contributed by atoms with van der Waals surface area (Å²) in [5.74, 6) is -0.193. The smallest absolute Gasteiger partial charge is 0.277 e. The van der Waals surface area contributed by atoms with Crippen LogP contribution in [0.15, 0.2) is 30.5 Å². The molecule has 1 aromatic carbocycles. The Hall–Kier alpha value is -1.89. The number of aromatic nitrogens is 1. The Labute approximate surface area is 167 Å². The molecule has 1 N–H and O–H groups in total. The van der Waals surface area contributed by atoms with E-state index in [0.717, 1.165) is 36.5 Å². The number of rotatable bonds is 7. The number of amides is 1. The first-order valence-electron chi connectivity index (χ1n) is 10.6. The molecular formula is C22H32N4O2. The van der Waals surface area contributed by atoms with Gasteiger partial charge >= 0.3 is 0 Å². The number of carbonyl (C=O) groups is 1. The molecule has 3 heterocycles. The molecule has 6 heteroatoms. The maximum absolute atomic E-state index is 12.3. The number of hydroxylamine groups is 1. The van der Waals surface area contributed by atoms with E-state index in [0.29, 0.717) is 5.56 Å². The number of benzene rings is 1. The Bertz CT molecular complexity index is 789. The van der Waals surface area contributed by atoms with E-state index < -0.39 is 0 Å². The van der Waals surface area contributed by atoms with Gasteiger partial charge in [-0.05, 0) is 70.9 Å². The zero-order valence-electron chi connectivity index (χ0n) is 16.9. The van der Waals surface area contributed by atoms with Crippen LogP contribution < -0.4 is 5.48 Å². The van der Waals surface area contributed by atoms with Crippen LogP contribution in [0.25, 0.3) is 10.9 Å². The van der Waals surface area contributed by atoms with Gasteiger partial charge in [0.1, 0.15) is 0 Å². The predicted octanol–water partition coefficient (Wildman–Crippen LogP) is 2.88. The lowest BCUT2D eigenvalue weighted by Crippen LogP contribution is -2.44. The summed E-state index contributed by atoms with van der Waals surface area (Å²) in [7, 11) is 1.46. The Kier molecular flexibility index (Phi) is 6.29. The van der Waals surface area contributed by atoms with Crippen molar-refractivity contribution in [2.24, 2.45) is 0 Å². The molecule has 0 radical (unpaired) electrons. The van der Waals surface area contributed by atoms with Gasteiger partial charge in [0.2, 0.25) is 0 Å². The lowest BCUT2D eigenvalue weighted by atomic mass is 10.0. The van der Waals surface area contributed by atoms with Crippen molar-refractivity contribution in [3.63, 3.8) is 0 Å². The number of aryl methyl sites for hydroxylation is 1. The Morgan fingerprint density at radius 1 is 1.11 bits per heavy atom. The fourth-order valence-electron chi connectivity index (χ4n) is 4.84. The van der Waals surface area contributed by atoms with Crippen molar-refractivity contribution in [1.29, 1.82) is 0 Å². The maximum Gasteiger partial charge on any atom is 0.277 e. The molecule has 1 amide bonds. The van der Waals surface area contributed by atoms with Crippen LogP contribution in [0.3, 0.4) is 0 Å². The van der Waals surface area contributed by atoms with Crippen molar-refractivity contribution >= 4 is 16.8 Å². The monoisotopic (exact) mass is 384 g/mol. The van der Waals surface area contributed by atoms with Gasteiger partial charge in [0.25, 0.3) is 5.91 Å². The summed E-state index contributed by atoms with van der Waals surface area (Å²) in [6.07, 6.45) is 8.45. The zero-order valence-corrected chi connectivity index (χ0v) is 16.9. The van der Waals surface area contributed by atoms with E-state index in [1.807, 2.05) is 24.4 Å². The lowest BCUT2D eigenvalue weighted by Gasteiger charge is -2.36. The number of piperidine rings is 1.